The van der Waals surface area contributed by atoms with Crippen LogP contribution >= 0.6 is 0 Å². The van der Waals surface area contributed by atoms with Gasteiger partial charge in [0.25, 0.3) is 6.47 Å². The van der Waals surface area contributed by atoms with Gasteiger partial charge < -0.3 is 4.74 Å². The van der Waals surface area contributed by atoms with Crippen LogP contribution in [0.25, 0.3) is 0 Å². The summed E-state index contributed by atoms with van der Waals surface area (Å²) in [4.78, 5) is 9.85. The van der Waals surface area contributed by atoms with Gasteiger partial charge in [0, 0.05) is 0 Å². The topological polar surface area (TPSA) is 26.3 Å². The summed E-state index contributed by atoms with van der Waals surface area (Å²) in [5.74, 6) is 0. The Morgan fingerprint density at radius 1 is 0.778 bits per heavy atom. The first-order chi connectivity index (χ1) is 8.91. The fraction of sp³-hybridized carbons (Fsp3) is 0.812. The maximum atomic E-state index is 9.85. The van der Waals surface area contributed by atoms with E-state index in [4.69, 9.17) is 0 Å². The summed E-state index contributed by atoms with van der Waals surface area (Å²) in [5, 5.41) is 0. The lowest BCUT2D eigenvalue weighted by Crippen LogP contribution is -1.82. The van der Waals surface area contributed by atoms with Crippen LogP contribution in [0.3, 0.4) is 0 Å². The number of carbonyl (C=O) groups excluding carboxylic acids is 1. The molecule has 0 heterocycles. The second-order valence-electron chi connectivity index (χ2n) is 4.93. The Balaban J connectivity index is 2.96. The quantitative estimate of drug-likeness (QED) is 0.236. The Morgan fingerprint density at radius 3 is 1.78 bits per heavy atom. The van der Waals surface area contributed by atoms with E-state index in [-0.39, 0.29) is 0 Å². The van der Waals surface area contributed by atoms with Gasteiger partial charge in [-0.25, -0.2) is 0 Å². The number of ether oxygens (including phenoxy) is 1. The first-order valence-electron chi connectivity index (χ1n) is 7.66. The molecule has 0 aromatic heterocycles. The molecule has 0 spiro atoms. The van der Waals surface area contributed by atoms with Crippen molar-refractivity contribution in [3.05, 3.63) is 12.3 Å². The molecule has 0 amide bonds. The largest absolute Gasteiger partial charge is 0.437 e. The average Bonchev–Trinajstić information content (AvgIpc) is 2.39. The summed E-state index contributed by atoms with van der Waals surface area (Å²) in [6, 6.07) is 0. The SMILES string of the molecule is CCCCCCCCCCCCCC=COC=O. The standard InChI is InChI=1S/C16H30O2/c1-2-3-4-5-6-7-8-9-10-11-12-13-14-15-18-16-17/h14-16H,2-13H2,1H3. The molecule has 0 N–H and O–H groups in total. The third-order valence-electron chi connectivity index (χ3n) is 3.20. The van der Waals surface area contributed by atoms with E-state index in [9.17, 15) is 4.79 Å². The zero-order valence-corrected chi connectivity index (χ0v) is 12.0. The monoisotopic (exact) mass is 254 g/mol. The molecule has 0 radical (unpaired) electrons. The van der Waals surface area contributed by atoms with Crippen LogP contribution in [0.2, 0.25) is 0 Å². The first-order valence-corrected chi connectivity index (χ1v) is 7.66. The lowest BCUT2D eigenvalue weighted by Gasteiger charge is -2.01. The van der Waals surface area contributed by atoms with Crippen molar-refractivity contribution >= 4 is 6.47 Å². The predicted molar refractivity (Wildman–Crippen MR) is 77.4 cm³/mol. The van der Waals surface area contributed by atoms with Crippen molar-refractivity contribution in [2.24, 2.45) is 0 Å². The molecule has 0 unspecified atom stereocenters. The van der Waals surface area contributed by atoms with Crippen LogP contribution in [0.5, 0.6) is 0 Å². The van der Waals surface area contributed by atoms with Crippen molar-refractivity contribution in [2.75, 3.05) is 0 Å². The van der Waals surface area contributed by atoms with Crippen LogP contribution in [0, 0.1) is 0 Å². The summed E-state index contributed by atoms with van der Waals surface area (Å²) >= 11 is 0. The normalized spacial score (nSPS) is 10.9. The zero-order valence-electron chi connectivity index (χ0n) is 12.0. The number of rotatable bonds is 14. The molecule has 0 aromatic rings. The predicted octanol–water partition coefficient (Wildman–Crippen LogP) is 5.37. The van der Waals surface area contributed by atoms with E-state index >= 15 is 0 Å². The summed E-state index contributed by atoms with van der Waals surface area (Å²) in [6.07, 6.45) is 19.5. The van der Waals surface area contributed by atoms with Crippen LogP contribution in [-0.2, 0) is 9.53 Å². The third-order valence-corrected chi connectivity index (χ3v) is 3.20. The van der Waals surface area contributed by atoms with Crippen LogP contribution in [0.1, 0.15) is 84.0 Å². The van der Waals surface area contributed by atoms with Gasteiger partial charge in [0.05, 0.1) is 6.26 Å². The Hall–Kier alpha value is -0.790. The van der Waals surface area contributed by atoms with E-state index in [1.54, 1.807) is 0 Å². The van der Waals surface area contributed by atoms with Gasteiger partial charge in [-0.1, -0.05) is 71.1 Å². The summed E-state index contributed by atoms with van der Waals surface area (Å²) in [5.41, 5.74) is 0. The molecule has 0 bridgehead atoms. The highest BCUT2D eigenvalue weighted by Gasteiger charge is 1.92. The second-order valence-corrected chi connectivity index (χ2v) is 4.93. The molecule has 0 fully saturated rings. The lowest BCUT2D eigenvalue weighted by molar-refractivity contribution is -0.123. The first kappa shape index (κ1) is 17.2. The Morgan fingerprint density at radius 2 is 1.28 bits per heavy atom. The lowest BCUT2D eigenvalue weighted by atomic mass is 10.1. The number of hydrogen-bond donors (Lipinski definition) is 0. The van der Waals surface area contributed by atoms with Gasteiger partial charge in [-0.2, -0.15) is 0 Å². The molecule has 0 saturated heterocycles. The molecular formula is C16H30O2. The zero-order chi connectivity index (χ0) is 13.3. The molecule has 0 aliphatic carbocycles. The van der Waals surface area contributed by atoms with Crippen LogP contribution in [0.4, 0.5) is 0 Å². The molecule has 0 saturated carbocycles. The minimum Gasteiger partial charge on any atom is -0.437 e. The van der Waals surface area contributed by atoms with Gasteiger partial charge in [-0.3, -0.25) is 4.79 Å². The second kappa shape index (κ2) is 16.2. The fourth-order valence-electron chi connectivity index (χ4n) is 2.08. The number of unbranched alkanes of at least 4 members (excludes halogenated alkanes) is 11. The van der Waals surface area contributed by atoms with Gasteiger partial charge in [0.1, 0.15) is 0 Å². The maximum Gasteiger partial charge on any atom is 0.297 e. The molecule has 2 heteroatoms. The highest BCUT2D eigenvalue weighted by molar-refractivity contribution is 5.38. The smallest absolute Gasteiger partial charge is 0.297 e. The van der Waals surface area contributed by atoms with E-state index in [1.807, 2.05) is 6.08 Å². The van der Waals surface area contributed by atoms with Gasteiger partial charge >= 0.3 is 0 Å². The molecule has 0 atom stereocenters. The molecule has 0 aliphatic rings. The molecule has 106 valence electrons. The third kappa shape index (κ3) is 15.2. The highest BCUT2D eigenvalue weighted by Crippen LogP contribution is 2.11. The molecular weight excluding hydrogens is 224 g/mol. The average molecular weight is 254 g/mol. The number of carbonyl (C=O) groups is 1. The van der Waals surface area contributed by atoms with Crippen molar-refractivity contribution in [3.8, 4) is 0 Å². The van der Waals surface area contributed by atoms with E-state index in [0.717, 1.165) is 6.42 Å². The minimum atomic E-state index is 0.455. The Labute approximate surface area is 113 Å². The summed E-state index contributed by atoms with van der Waals surface area (Å²) < 4.78 is 4.47. The molecule has 2 nitrogen and oxygen atoms in total. The molecule has 0 rings (SSSR count). The minimum absolute atomic E-state index is 0.455. The number of allylic oxidation sites excluding steroid dienone is 1. The molecule has 18 heavy (non-hydrogen) atoms. The Bertz CT molecular complexity index is 188. The van der Waals surface area contributed by atoms with Gasteiger partial charge in [-0.05, 0) is 18.9 Å². The highest BCUT2D eigenvalue weighted by atomic mass is 16.5. The van der Waals surface area contributed by atoms with Crippen molar-refractivity contribution in [1.29, 1.82) is 0 Å². The van der Waals surface area contributed by atoms with Crippen molar-refractivity contribution < 1.29 is 9.53 Å². The summed E-state index contributed by atoms with van der Waals surface area (Å²) in [7, 11) is 0. The van der Waals surface area contributed by atoms with E-state index in [0.29, 0.717) is 6.47 Å². The van der Waals surface area contributed by atoms with Crippen molar-refractivity contribution in [2.45, 2.75) is 84.0 Å². The molecule has 0 aliphatic heterocycles. The fourth-order valence-corrected chi connectivity index (χ4v) is 2.08. The molecule has 0 aromatic carbocycles. The van der Waals surface area contributed by atoms with E-state index in [1.165, 1.54) is 76.9 Å². The van der Waals surface area contributed by atoms with Gasteiger partial charge in [0.2, 0.25) is 0 Å². The van der Waals surface area contributed by atoms with Gasteiger partial charge in [0.15, 0.2) is 0 Å². The van der Waals surface area contributed by atoms with Crippen LogP contribution in [-0.4, -0.2) is 6.47 Å². The summed E-state index contributed by atoms with van der Waals surface area (Å²) in [6.45, 7) is 2.72. The van der Waals surface area contributed by atoms with Crippen molar-refractivity contribution in [3.63, 3.8) is 0 Å². The van der Waals surface area contributed by atoms with E-state index < -0.39 is 0 Å². The number of hydrogen-bond acceptors (Lipinski definition) is 2. The van der Waals surface area contributed by atoms with Gasteiger partial charge in [-0.15, -0.1) is 0 Å². The maximum absolute atomic E-state index is 9.85. The van der Waals surface area contributed by atoms with Crippen molar-refractivity contribution in [1.82, 2.24) is 0 Å². The van der Waals surface area contributed by atoms with Crippen LogP contribution < -0.4 is 0 Å². The van der Waals surface area contributed by atoms with Crippen LogP contribution in [0.15, 0.2) is 12.3 Å². The van der Waals surface area contributed by atoms with E-state index in [2.05, 4.69) is 11.7 Å². The Kier molecular flexibility index (Phi) is 15.5.